The Kier molecular flexibility index (Phi) is 3.65. The third kappa shape index (κ3) is 2.03. The van der Waals surface area contributed by atoms with E-state index < -0.39 is 0 Å². The van der Waals surface area contributed by atoms with Gasteiger partial charge in [0.1, 0.15) is 0 Å². The van der Waals surface area contributed by atoms with Gasteiger partial charge in [0.15, 0.2) is 0 Å². The lowest BCUT2D eigenvalue weighted by Gasteiger charge is -2.28. The fraction of sp³-hybridized carbons (Fsp3) is 0.615. The van der Waals surface area contributed by atoms with Crippen LogP contribution in [0.1, 0.15) is 55.0 Å². The van der Waals surface area contributed by atoms with Crippen molar-refractivity contribution in [3.63, 3.8) is 0 Å². The second-order valence-electron chi connectivity index (χ2n) is 4.94. The summed E-state index contributed by atoms with van der Waals surface area (Å²) >= 11 is 0. The molecular weight excluding hydrogens is 264 g/mol. The molecule has 0 spiro atoms. The maximum Gasteiger partial charge on any atom is 0.0492 e. The number of hydrogen-bond donors (Lipinski definition) is 1. The number of nitrogens with zero attached hydrogens (tertiary/aromatic N) is 1. The smallest absolute Gasteiger partial charge is 0.0492 e. The van der Waals surface area contributed by atoms with E-state index in [9.17, 15) is 0 Å². The molecule has 1 aromatic heterocycles. The van der Waals surface area contributed by atoms with Crippen LogP contribution in [-0.4, -0.2) is 11.5 Å². The van der Waals surface area contributed by atoms with E-state index in [2.05, 4.69) is 24.4 Å². The molecular formula is C13H19BrN2. The lowest BCUT2D eigenvalue weighted by atomic mass is 9.82. The van der Waals surface area contributed by atoms with Crippen LogP contribution in [0.4, 0.5) is 0 Å². The zero-order chi connectivity index (χ0) is 10.3. The predicted molar refractivity (Wildman–Crippen MR) is 71.3 cm³/mol. The molecule has 1 unspecified atom stereocenters. The molecule has 2 aliphatic rings. The van der Waals surface area contributed by atoms with Gasteiger partial charge in [0.25, 0.3) is 0 Å². The summed E-state index contributed by atoms with van der Waals surface area (Å²) in [6, 6.07) is 4.51. The van der Waals surface area contributed by atoms with Gasteiger partial charge < -0.3 is 5.32 Å². The number of aromatic nitrogens is 1. The van der Waals surface area contributed by atoms with Gasteiger partial charge in [-0.1, -0.05) is 19.4 Å². The summed E-state index contributed by atoms with van der Waals surface area (Å²) in [6.07, 6.45) is 4.08. The first kappa shape index (κ1) is 12.1. The van der Waals surface area contributed by atoms with Gasteiger partial charge in [-0.25, -0.2) is 0 Å². The molecule has 2 nitrogen and oxygen atoms in total. The Hall–Kier alpha value is -0.410. The lowest BCUT2D eigenvalue weighted by molar-refractivity contribution is 0.408. The fourth-order valence-corrected chi connectivity index (χ4v) is 2.55. The van der Waals surface area contributed by atoms with Crippen LogP contribution in [0.25, 0.3) is 0 Å². The Morgan fingerprint density at radius 2 is 2.12 bits per heavy atom. The molecule has 3 heteroatoms. The molecule has 1 saturated carbocycles. The molecule has 0 amide bonds. The lowest BCUT2D eigenvalue weighted by Crippen LogP contribution is -2.28. The largest absolute Gasteiger partial charge is 0.312 e. The average molecular weight is 283 g/mol. The monoisotopic (exact) mass is 282 g/mol. The van der Waals surface area contributed by atoms with Crippen molar-refractivity contribution >= 4 is 17.0 Å². The van der Waals surface area contributed by atoms with Crippen molar-refractivity contribution in [2.75, 3.05) is 6.54 Å². The summed E-state index contributed by atoms with van der Waals surface area (Å²) in [7, 11) is 0. The Morgan fingerprint density at radius 1 is 1.31 bits per heavy atom. The fourth-order valence-electron chi connectivity index (χ4n) is 2.55. The molecule has 1 fully saturated rings. The van der Waals surface area contributed by atoms with E-state index >= 15 is 0 Å². The molecule has 1 aromatic rings. The number of pyridine rings is 1. The second-order valence-corrected chi connectivity index (χ2v) is 4.94. The van der Waals surface area contributed by atoms with Gasteiger partial charge in [0, 0.05) is 36.3 Å². The van der Waals surface area contributed by atoms with Gasteiger partial charge in [0.05, 0.1) is 0 Å². The van der Waals surface area contributed by atoms with E-state index in [1.165, 1.54) is 36.2 Å². The van der Waals surface area contributed by atoms with Crippen LogP contribution in [-0.2, 0) is 6.54 Å². The maximum absolute atomic E-state index is 4.88. The highest BCUT2D eigenvalue weighted by Gasteiger charge is 2.24. The zero-order valence-electron chi connectivity index (χ0n) is 9.70. The van der Waals surface area contributed by atoms with E-state index in [4.69, 9.17) is 4.98 Å². The first-order valence-corrected chi connectivity index (χ1v) is 6.05. The normalized spacial score (nSPS) is 24.2. The van der Waals surface area contributed by atoms with Crippen LogP contribution in [0.3, 0.4) is 0 Å². The van der Waals surface area contributed by atoms with Crippen LogP contribution in [0.5, 0.6) is 0 Å². The van der Waals surface area contributed by atoms with Crippen molar-refractivity contribution < 1.29 is 0 Å². The summed E-state index contributed by atoms with van der Waals surface area (Å²) in [6.45, 7) is 4.34. The molecule has 16 heavy (non-hydrogen) atoms. The highest BCUT2D eigenvalue weighted by Crippen LogP contribution is 2.36. The molecule has 0 saturated heterocycles. The first-order valence-electron chi connectivity index (χ1n) is 6.05. The Morgan fingerprint density at radius 3 is 2.81 bits per heavy atom. The minimum absolute atomic E-state index is 0. The number of rotatable bonds is 1. The van der Waals surface area contributed by atoms with E-state index in [0.29, 0.717) is 5.92 Å². The van der Waals surface area contributed by atoms with E-state index in [1.54, 1.807) is 0 Å². The Bertz CT molecular complexity index is 374. The minimum Gasteiger partial charge on any atom is -0.312 e. The van der Waals surface area contributed by atoms with Crippen LogP contribution >= 0.6 is 17.0 Å². The quantitative estimate of drug-likeness (QED) is 0.856. The highest BCUT2D eigenvalue weighted by atomic mass is 79.9. The molecule has 0 radical (unpaired) electrons. The number of halogens is 1. The number of fused-ring (bicyclic) bond motifs is 1. The average Bonchev–Trinajstić information content (AvgIpc) is 2.17. The predicted octanol–water partition coefficient (Wildman–Crippen LogP) is 3.13. The Labute approximate surface area is 108 Å². The van der Waals surface area contributed by atoms with Crippen molar-refractivity contribution in [3.8, 4) is 0 Å². The molecule has 1 atom stereocenters. The molecule has 3 rings (SSSR count). The van der Waals surface area contributed by atoms with E-state index in [-0.39, 0.29) is 17.0 Å². The number of hydrogen-bond acceptors (Lipinski definition) is 2. The van der Waals surface area contributed by atoms with Gasteiger partial charge in [-0.2, -0.15) is 0 Å². The SMILES string of the molecule is Br.CC1CNCc2ccc(C3CCC3)nc21. The van der Waals surface area contributed by atoms with Crippen molar-refractivity contribution in [1.82, 2.24) is 10.3 Å². The standard InChI is InChI=1S/C13H18N2.BrH/c1-9-7-14-8-11-5-6-12(15-13(9)11)10-3-2-4-10;/h5-6,9-10,14H,2-4,7-8H2,1H3;1H. The van der Waals surface area contributed by atoms with E-state index in [1.807, 2.05) is 0 Å². The first-order chi connectivity index (χ1) is 7.34. The summed E-state index contributed by atoms with van der Waals surface area (Å²) in [5.74, 6) is 1.34. The molecule has 1 N–H and O–H groups in total. The molecule has 0 bridgehead atoms. The van der Waals surface area contributed by atoms with E-state index in [0.717, 1.165) is 19.0 Å². The molecule has 2 heterocycles. The topological polar surface area (TPSA) is 24.9 Å². The van der Waals surface area contributed by atoms with Crippen molar-refractivity contribution in [2.45, 2.75) is 44.6 Å². The summed E-state index contributed by atoms with van der Waals surface area (Å²) in [5.41, 5.74) is 4.09. The maximum atomic E-state index is 4.88. The van der Waals surface area contributed by atoms with Gasteiger partial charge in [-0.05, 0) is 24.5 Å². The molecule has 1 aliphatic carbocycles. The van der Waals surface area contributed by atoms with Crippen molar-refractivity contribution in [3.05, 3.63) is 29.1 Å². The zero-order valence-corrected chi connectivity index (χ0v) is 11.4. The van der Waals surface area contributed by atoms with Crippen LogP contribution in [0.2, 0.25) is 0 Å². The van der Waals surface area contributed by atoms with Crippen LogP contribution in [0, 0.1) is 0 Å². The van der Waals surface area contributed by atoms with Crippen LogP contribution < -0.4 is 5.32 Å². The number of nitrogens with one attached hydrogen (secondary N) is 1. The summed E-state index contributed by atoms with van der Waals surface area (Å²) in [4.78, 5) is 4.88. The molecule has 88 valence electrons. The summed E-state index contributed by atoms with van der Waals surface area (Å²) < 4.78 is 0. The van der Waals surface area contributed by atoms with Gasteiger partial charge in [-0.15, -0.1) is 17.0 Å². The molecule has 1 aliphatic heterocycles. The highest BCUT2D eigenvalue weighted by molar-refractivity contribution is 8.93. The second kappa shape index (κ2) is 4.84. The van der Waals surface area contributed by atoms with Gasteiger partial charge in [0.2, 0.25) is 0 Å². The Balaban J connectivity index is 0.000000963. The third-order valence-corrected chi connectivity index (χ3v) is 3.79. The molecule has 0 aromatic carbocycles. The van der Waals surface area contributed by atoms with Crippen molar-refractivity contribution in [2.24, 2.45) is 0 Å². The third-order valence-electron chi connectivity index (χ3n) is 3.79. The van der Waals surface area contributed by atoms with Gasteiger partial charge >= 0.3 is 0 Å². The minimum atomic E-state index is 0. The van der Waals surface area contributed by atoms with Crippen LogP contribution in [0.15, 0.2) is 12.1 Å². The van der Waals surface area contributed by atoms with Crippen molar-refractivity contribution in [1.29, 1.82) is 0 Å². The van der Waals surface area contributed by atoms with Gasteiger partial charge in [-0.3, -0.25) is 4.98 Å². The summed E-state index contributed by atoms with van der Waals surface area (Å²) in [5, 5.41) is 3.43.